The number of nitrogens with zero attached hydrogens (tertiary/aromatic N) is 1. The lowest BCUT2D eigenvalue weighted by Gasteiger charge is -2.11. The van der Waals surface area contributed by atoms with E-state index in [2.05, 4.69) is 29.8 Å². The summed E-state index contributed by atoms with van der Waals surface area (Å²) in [5.41, 5.74) is 2.53. The molecule has 0 amide bonds. The predicted molar refractivity (Wildman–Crippen MR) is 121 cm³/mol. The third-order valence-electron chi connectivity index (χ3n) is 5.43. The Bertz CT molecular complexity index is 1090. The normalized spacial score (nSPS) is 14.8. The molecule has 160 valence electrons. The third kappa shape index (κ3) is 4.34. The van der Waals surface area contributed by atoms with Gasteiger partial charge in [-0.05, 0) is 50.2 Å². The maximum absolute atomic E-state index is 6.69. The minimum Gasteiger partial charge on any atom is -0.492 e. The number of hydrogen-bond donors (Lipinski definition) is 1. The summed E-state index contributed by atoms with van der Waals surface area (Å²) in [4.78, 5) is 0. The highest BCUT2D eigenvalue weighted by molar-refractivity contribution is 6.48. The van der Waals surface area contributed by atoms with Crippen LogP contribution in [-0.4, -0.2) is 31.1 Å². The van der Waals surface area contributed by atoms with Gasteiger partial charge in [-0.1, -0.05) is 36.2 Å². The van der Waals surface area contributed by atoms with Crippen molar-refractivity contribution in [3.8, 4) is 17.2 Å². The minimum atomic E-state index is 0.254. The highest BCUT2D eigenvalue weighted by atomic mass is 35.5. The lowest BCUT2D eigenvalue weighted by Crippen LogP contribution is -2.33. The first-order chi connectivity index (χ1) is 14.6. The van der Waals surface area contributed by atoms with Crippen LogP contribution in [0.4, 0.5) is 0 Å². The van der Waals surface area contributed by atoms with E-state index in [4.69, 9.17) is 37.4 Å². The number of hydrogen-bond acceptors (Lipinski definition) is 4. The van der Waals surface area contributed by atoms with Crippen molar-refractivity contribution in [3.63, 3.8) is 0 Å². The van der Waals surface area contributed by atoms with Gasteiger partial charge in [-0.15, -0.1) is 0 Å². The fourth-order valence-corrected chi connectivity index (χ4v) is 4.54. The second-order valence-electron chi connectivity index (χ2n) is 7.29. The van der Waals surface area contributed by atoms with Crippen LogP contribution >= 0.6 is 23.2 Å². The zero-order valence-corrected chi connectivity index (χ0v) is 18.8. The molecule has 0 fully saturated rings. The van der Waals surface area contributed by atoms with Crippen molar-refractivity contribution in [2.45, 2.75) is 33.2 Å². The van der Waals surface area contributed by atoms with Crippen molar-refractivity contribution in [2.75, 3.05) is 26.5 Å². The van der Waals surface area contributed by atoms with Gasteiger partial charge >= 0.3 is 0 Å². The van der Waals surface area contributed by atoms with E-state index in [1.54, 1.807) is 0 Å². The lowest BCUT2D eigenvalue weighted by atomic mass is 10.1. The summed E-state index contributed by atoms with van der Waals surface area (Å²) >= 11 is 13.0. The standard InChI is InChI=1S/C23H26Cl2N2O3/c1-3-26-9-8-18-15(2)27(23-19(18)6-4-16(24)12-20(23)25)10-11-28-17-5-7-21-22(13-17)30-14-29-21/h5-7,12-13,26H,3-4,8-11,14H2,1-2H3. The Balaban J connectivity index is 1.60. The molecule has 1 aliphatic carbocycles. The van der Waals surface area contributed by atoms with Gasteiger partial charge in [-0.25, -0.2) is 0 Å². The van der Waals surface area contributed by atoms with E-state index in [1.807, 2.05) is 24.3 Å². The molecule has 0 saturated carbocycles. The van der Waals surface area contributed by atoms with E-state index in [-0.39, 0.29) is 6.79 Å². The van der Waals surface area contributed by atoms with Crippen molar-refractivity contribution in [2.24, 2.45) is 0 Å². The molecule has 2 aromatic rings. The fraction of sp³-hybridized carbons (Fsp3) is 0.391. The van der Waals surface area contributed by atoms with Crippen molar-refractivity contribution in [1.82, 2.24) is 9.88 Å². The number of aromatic nitrogens is 1. The Morgan fingerprint density at radius 2 is 2.03 bits per heavy atom. The van der Waals surface area contributed by atoms with E-state index >= 15 is 0 Å². The summed E-state index contributed by atoms with van der Waals surface area (Å²) < 4.78 is 19.0. The summed E-state index contributed by atoms with van der Waals surface area (Å²) in [6, 6.07) is 5.63. The Morgan fingerprint density at radius 3 is 2.87 bits per heavy atom. The first kappa shape index (κ1) is 21.2. The Hall–Kier alpha value is -2.08. The topological polar surface area (TPSA) is 44.7 Å². The number of benzene rings is 1. The van der Waals surface area contributed by atoms with E-state index in [0.29, 0.717) is 24.6 Å². The van der Waals surface area contributed by atoms with E-state index in [0.717, 1.165) is 47.1 Å². The van der Waals surface area contributed by atoms with Gasteiger partial charge in [-0.2, -0.15) is 0 Å². The Morgan fingerprint density at radius 1 is 1.20 bits per heavy atom. The maximum Gasteiger partial charge on any atom is 0.231 e. The molecular formula is C23H26Cl2N2O3. The smallest absolute Gasteiger partial charge is 0.231 e. The molecule has 4 rings (SSSR count). The fourth-order valence-electron chi connectivity index (χ4n) is 3.96. The molecule has 1 aromatic heterocycles. The van der Waals surface area contributed by atoms with E-state index in [9.17, 15) is 0 Å². The first-order valence-electron chi connectivity index (χ1n) is 10.3. The van der Waals surface area contributed by atoms with Gasteiger partial charge in [0.1, 0.15) is 12.4 Å². The molecule has 2 heterocycles. The molecule has 1 aromatic carbocycles. The molecule has 1 aliphatic heterocycles. The molecule has 1 N–H and O–H groups in total. The zero-order valence-electron chi connectivity index (χ0n) is 17.3. The highest BCUT2D eigenvalue weighted by Crippen LogP contribution is 2.35. The van der Waals surface area contributed by atoms with Gasteiger partial charge in [0.05, 0.1) is 16.9 Å². The number of likely N-dealkylation sites (N-methyl/N-ethyl adjacent to an activating group) is 1. The summed E-state index contributed by atoms with van der Waals surface area (Å²) in [6.07, 6.45) is 5.67. The quantitative estimate of drug-likeness (QED) is 0.628. The molecule has 30 heavy (non-hydrogen) atoms. The summed E-state index contributed by atoms with van der Waals surface area (Å²) in [5, 5.41) is 7.03. The maximum atomic E-state index is 6.69. The van der Waals surface area contributed by atoms with Gasteiger partial charge in [0.25, 0.3) is 0 Å². The van der Waals surface area contributed by atoms with Crippen LogP contribution in [0.1, 0.15) is 24.6 Å². The molecule has 0 saturated heterocycles. The zero-order chi connectivity index (χ0) is 21.1. The average molecular weight is 449 g/mol. The second-order valence-corrected chi connectivity index (χ2v) is 8.19. The number of allylic oxidation sites excluding steroid dienone is 2. The van der Waals surface area contributed by atoms with Gasteiger partial charge < -0.3 is 24.1 Å². The van der Waals surface area contributed by atoms with Crippen molar-refractivity contribution in [3.05, 3.63) is 51.1 Å². The number of fused-ring (bicyclic) bond motifs is 2. The number of ether oxygens (including phenoxy) is 3. The molecule has 0 unspecified atom stereocenters. The Kier molecular flexibility index (Phi) is 6.61. The number of nitrogens with one attached hydrogen (secondary N) is 1. The van der Waals surface area contributed by atoms with Crippen LogP contribution in [0.2, 0.25) is 0 Å². The number of rotatable bonds is 8. The first-order valence-corrected chi connectivity index (χ1v) is 11.0. The third-order valence-corrected chi connectivity index (χ3v) is 5.98. The lowest BCUT2D eigenvalue weighted by molar-refractivity contribution is 0.173. The highest BCUT2D eigenvalue weighted by Gasteiger charge is 2.16. The van der Waals surface area contributed by atoms with Crippen LogP contribution < -0.4 is 30.1 Å². The minimum absolute atomic E-state index is 0.254. The van der Waals surface area contributed by atoms with Crippen LogP contribution in [0.15, 0.2) is 29.3 Å². The monoisotopic (exact) mass is 448 g/mol. The average Bonchev–Trinajstić information content (AvgIpc) is 3.25. The van der Waals surface area contributed by atoms with Crippen molar-refractivity contribution < 1.29 is 14.2 Å². The molecular weight excluding hydrogens is 423 g/mol. The van der Waals surface area contributed by atoms with Gasteiger partial charge in [0, 0.05) is 28.4 Å². The molecule has 2 aliphatic rings. The molecule has 5 nitrogen and oxygen atoms in total. The number of halogens is 2. The van der Waals surface area contributed by atoms with Crippen LogP contribution in [0, 0.1) is 6.92 Å². The molecule has 0 atom stereocenters. The van der Waals surface area contributed by atoms with Crippen LogP contribution in [0.3, 0.4) is 0 Å². The Labute approximate surface area is 186 Å². The van der Waals surface area contributed by atoms with E-state index < -0.39 is 0 Å². The summed E-state index contributed by atoms with van der Waals surface area (Å²) in [7, 11) is 0. The van der Waals surface area contributed by atoms with Gasteiger partial charge in [-0.3, -0.25) is 0 Å². The van der Waals surface area contributed by atoms with Gasteiger partial charge in [0.2, 0.25) is 6.79 Å². The summed E-state index contributed by atoms with van der Waals surface area (Å²) in [6.45, 7) is 7.59. The van der Waals surface area contributed by atoms with Crippen molar-refractivity contribution in [1.29, 1.82) is 0 Å². The van der Waals surface area contributed by atoms with Crippen LogP contribution in [0.25, 0.3) is 11.1 Å². The van der Waals surface area contributed by atoms with Crippen LogP contribution in [0.5, 0.6) is 17.2 Å². The molecule has 0 bridgehead atoms. The second kappa shape index (κ2) is 9.38. The molecule has 7 heteroatoms. The predicted octanol–water partition coefficient (Wildman–Crippen LogP) is 3.41. The molecule has 0 radical (unpaired) electrons. The SMILES string of the molecule is CCNCCc1c(C)n(CCOc2ccc3c(c2)OCO3)c2c1=CCC(Cl)=CC=2Cl. The van der Waals surface area contributed by atoms with Crippen LogP contribution in [-0.2, 0) is 13.0 Å². The van der Waals surface area contributed by atoms with Crippen molar-refractivity contribution >= 4 is 34.3 Å². The van der Waals surface area contributed by atoms with Gasteiger partial charge in [0.15, 0.2) is 11.5 Å². The largest absolute Gasteiger partial charge is 0.492 e. The van der Waals surface area contributed by atoms with E-state index in [1.165, 1.54) is 16.5 Å². The molecule has 0 spiro atoms. The summed E-state index contributed by atoms with van der Waals surface area (Å²) in [5.74, 6) is 2.22.